The third kappa shape index (κ3) is 2.54. The van der Waals surface area contributed by atoms with Gasteiger partial charge in [-0.25, -0.2) is 4.79 Å². The van der Waals surface area contributed by atoms with E-state index in [0.29, 0.717) is 16.5 Å². The summed E-state index contributed by atoms with van der Waals surface area (Å²) in [5.74, 6) is 0.465. The lowest BCUT2D eigenvalue weighted by Gasteiger charge is -1.94. The van der Waals surface area contributed by atoms with E-state index < -0.39 is 5.69 Å². The van der Waals surface area contributed by atoms with Crippen LogP contribution >= 0.6 is 0 Å². The van der Waals surface area contributed by atoms with Gasteiger partial charge in [-0.2, -0.15) is 0 Å². The first-order chi connectivity index (χ1) is 11.1. The summed E-state index contributed by atoms with van der Waals surface area (Å²) in [5, 5.41) is 2.21. The van der Waals surface area contributed by atoms with Crippen LogP contribution in [0.15, 0.2) is 40.1 Å². The first-order valence-corrected chi connectivity index (χ1v) is 7.72. The predicted octanol–water partition coefficient (Wildman–Crippen LogP) is 0.574. The summed E-state index contributed by atoms with van der Waals surface area (Å²) in [4.78, 5) is 28.9. The highest BCUT2D eigenvalue weighted by Crippen LogP contribution is 2.29. The summed E-state index contributed by atoms with van der Waals surface area (Å²) in [7, 11) is 1.98. The van der Waals surface area contributed by atoms with Crippen LogP contribution in [0.3, 0.4) is 0 Å². The lowest BCUT2D eigenvalue weighted by molar-refractivity contribution is 0.965. The molecule has 1 aliphatic rings. The van der Waals surface area contributed by atoms with E-state index in [1.807, 2.05) is 54.2 Å². The van der Waals surface area contributed by atoms with E-state index in [0.717, 1.165) is 29.3 Å². The number of fused-ring (bicyclic) bond motifs is 1. The van der Waals surface area contributed by atoms with Crippen molar-refractivity contribution in [2.45, 2.75) is 12.8 Å². The fourth-order valence-corrected chi connectivity index (χ4v) is 2.93. The van der Waals surface area contributed by atoms with E-state index in [9.17, 15) is 9.59 Å². The molecule has 2 aromatic heterocycles. The lowest BCUT2D eigenvalue weighted by Crippen LogP contribution is -2.48. The molecule has 0 bridgehead atoms. The minimum Gasteiger partial charge on any atom is -0.350 e. The highest BCUT2D eigenvalue weighted by Gasteiger charge is 2.18. The van der Waals surface area contributed by atoms with Gasteiger partial charge in [-0.3, -0.25) is 9.78 Å². The second kappa shape index (κ2) is 5.12. The molecular weight excluding hydrogens is 290 g/mol. The number of H-pyrrole nitrogens is 2. The Morgan fingerprint density at radius 1 is 1.17 bits per heavy atom. The average molecular weight is 307 g/mol. The zero-order chi connectivity index (χ0) is 16.0. The quantitative estimate of drug-likeness (QED) is 0.727. The Kier molecular flexibility index (Phi) is 3.08. The second-order valence-corrected chi connectivity index (χ2v) is 6.10. The highest BCUT2D eigenvalue weighted by molar-refractivity contribution is 5.89. The van der Waals surface area contributed by atoms with Crippen LogP contribution in [0.4, 0.5) is 0 Å². The van der Waals surface area contributed by atoms with Crippen LogP contribution in [0.1, 0.15) is 18.4 Å². The maximum Gasteiger partial charge on any atom is 0.326 e. The van der Waals surface area contributed by atoms with Crippen molar-refractivity contribution < 1.29 is 0 Å². The molecule has 2 heterocycles. The SMILES string of the molecule is Cn1cc(/C=c2/c(=O)[nH]c(=O)[nH]/c2=C/C2CC2)c2ccccc21. The van der Waals surface area contributed by atoms with Crippen LogP contribution in [0.25, 0.3) is 23.1 Å². The monoisotopic (exact) mass is 307 g/mol. The Bertz CT molecular complexity index is 1130. The largest absolute Gasteiger partial charge is 0.350 e. The summed E-state index contributed by atoms with van der Waals surface area (Å²) >= 11 is 0. The fourth-order valence-electron chi connectivity index (χ4n) is 2.93. The number of aromatic amines is 2. The molecule has 0 spiro atoms. The van der Waals surface area contributed by atoms with Gasteiger partial charge in [0.2, 0.25) is 0 Å². The average Bonchev–Trinajstić information content (AvgIpc) is 3.27. The van der Waals surface area contributed by atoms with E-state index in [2.05, 4.69) is 9.97 Å². The van der Waals surface area contributed by atoms with Gasteiger partial charge in [0, 0.05) is 29.7 Å². The third-order valence-corrected chi connectivity index (χ3v) is 4.26. The number of para-hydroxylation sites is 1. The molecule has 0 saturated heterocycles. The van der Waals surface area contributed by atoms with Gasteiger partial charge >= 0.3 is 5.69 Å². The molecule has 23 heavy (non-hydrogen) atoms. The molecule has 3 aromatic rings. The van der Waals surface area contributed by atoms with Crippen LogP contribution in [-0.2, 0) is 7.05 Å². The molecule has 0 aliphatic heterocycles. The van der Waals surface area contributed by atoms with E-state index in [1.165, 1.54) is 0 Å². The molecule has 1 saturated carbocycles. The molecule has 1 aliphatic carbocycles. The van der Waals surface area contributed by atoms with Gasteiger partial charge in [-0.05, 0) is 30.9 Å². The number of hydrogen-bond donors (Lipinski definition) is 2. The molecule has 2 N–H and O–H groups in total. The topological polar surface area (TPSA) is 70.7 Å². The highest BCUT2D eigenvalue weighted by atomic mass is 16.2. The van der Waals surface area contributed by atoms with E-state index in [-0.39, 0.29) is 5.56 Å². The van der Waals surface area contributed by atoms with Gasteiger partial charge in [0.15, 0.2) is 0 Å². The molecule has 5 nitrogen and oxygen atoms in total. The summed E-state index contributed by atoms with van der Waals surface area (Å²) in [6.07, 6.45) is 8.07. The number of rotatable bonds is 2. The minimum atomic E-state index is -0.461. The Labute approximate surface area is 131 Å². The van der Waals surface area contributed by atoms with Crippen molar-refractivity contribution in [1.82, 2.24) is 14.5 Å². The summed E-state index contributed by atoms with van der Waals surface area (Å²) in [6.45, 7) is 0. The number of nitrogens with one attached hydrogen (secondary N) is 2. The van der Waals surface area contributed by atoms with Gasteiger partial charge < -0.3 is 9.55 Å². The number of nitrogens with zero attached hydrogens (tertiary/aromatic N) is 1. The van der Waals surface area contributed by atoms with Gasteiger partial charge in [0.05, 0.1) is 10.6 Å². The van der Waals surface area contributed by atoms with Crippen molar-refractivity contribution in [1.29, 1.82) is 0 Å². The van der Waals surface area contributed by atoms with Crippen molar-refractivity contribution in [3.63, 3.8) is 0 Å². The van der Waals surface area contributed by atoms with Crippen LogP contribution in [0.5, 0.6) is 0 Å². The van der Waals surface area contributed by atoms with Crippen LogP contribution in [0.2, 0.25) is 0 Å². The van der Waals surface area contributed by atoms with Gasteiger partial charge in [0.1, 0.15) is 0 Å². The number of hydrogen-bond acceptors (Lipinski definition) is 2. The molecular formula is C18H17N3O2. The summed E-state index contributed by atoms with van der Waals surface area (Å²) < 4.78 is 2.03. The Balaban J connectivity index is 2.05. The molecule has 116 valence electrons. The molecule has 0 unspecified atom stereocenters. The number of benzene rings is 1. The Morgan fingerprint density at radius 2 is 1.96 bits per heavy atom. The molecule has 1 aromatic carbocycles. The smallest absolute Gasteiger partial charge is 0.326 e. The summed E-state index contributed by atoms with van der Waals surface area (Å²) in [5.41, 5.74) is 1.25. The van der Waals surface area contributed by atoms with Crippen molar-refractivity contribution in [2.75, 3.05) is 0 Å². The standard InChI is InChI=1S/C18H17N3O2/c1-21-10-12(13-4-2-3-5-16(13)21)9-14-15(8-11-6-7-11)19-18(23)20-17(14)22/h2-5,8-11H,6-7H2,1H3,(H2,19,20,22,23)/b14-9+,15-8+. The van der Waals surface area contributed by atoms with Gasteiger partial charge in [0.25, 0.3) is 5.56 Å². The molecule has 0 amide bonds. The first kappa shape index (κ1) is 13.8. The van der Waals surface area contributed by atoms with Gasteiger partial charge in [-0.1, -0.05) is 24.3 Å². The van der Waals surface area contributed by atoms with E-state index in [1.54, 1.807) is 0 Å². The normalized spacial score (nSPS) is 16.4. The van der Waals surface area contributed by atoms with Crippen molar-refractivity contribution >= 4 is 23.1 Å². The maximum atomic E-state index is 12.3. The zero-order valence-corrected chi connectivity index (χ0v) is 12.8. The Hall–Kier alpha value is -2.82. The van der Waals surface area contributed by atoms with E-state index in [4.69, 9.17) is 0 Å². The van der Waals surface area contributed by atoms with Crippen LogP contribution in [0, 0.1) is 5.92 Å². The van der Waals surface area contributed by atoms with Crippen LogP contribution < -0.4 is 21.8 Å². The Morgan fingerprint density at radius 3 is 2.74 bits per heavy atom. The van der Waals surface area contributed by atoms with Gasteiger partial charge in [-0.15, -0.1) is 0 Å². The molecule has 5 heteroatoms. The maximum absolute atomic E-state index is 12.3. The summed E-state index contributed by atoms with van der Waals surface area (Å²) in [6, 6.07) is 8.05. The van der Waals surface area contributed by atoms with Crippen molar-refractivity contribution in [3.8, 4) is 0 Å². The minimum absolute atomic E-state index is 0.353. The van der Waals surface area contributed by atoms with Crippen LogP contribution in [-0.4, -0.2) is 14.5 Å². The molecule has 1 fully saturated rings. The number of aromatic nitrogens is 3. The molecule has 4 rings (SSSR count). The van der Waals surface area contributed by atoms with Crippen molar-refractivity contribution in [3.05, 3.63) is 67.4 Å². The predicted molar refractivity (Wildman–Crippen MR) is 90.6 cm³/mol. The number of aryl methyl sites for hydroxylation is 1. The zero-order valence-electron chi connectivity index (χ0n) is 12.8. The fraction of sp³-hybridized carbons (Fsp3) is 0.222. The second-order valence-electron chi connectivity index (χ2n) is 6.10. The first-order valence-electron chi connectivity index (χ1n) is 7.72. The lowest BCUT2D eigenvalue weighted by atomic mass is 10.1. The van der Waals surface area contributed by atoms with Crippen molar-refractivity contribution in [2.24, 2.45) is 13.0 Å². The molecule has 0 atom stereocenters. The molecule has 0 radical (unpaired) electrons. The third-order valence-electron chi connectivity index (χ3n) is 4.26. The van der Waals surface area contributed by atoms with E-state index >= 15 is 0 Å².